The highest BCUT2D eigenvalue weighted by Crippen LogP contribution is 2.18. The fourth-order valence-corrected chi connectivity index (χ4v) is 2.26. The number of carboxylic acids is 1. The van der Waals surface area contributed by atoms with Crippen molar-refractivity contribution in [2.24, 2.45) is 0 Å². The van der Waals surface area contributed by atoms with E-state index in [1.807, 2.05) is 6.07 Å². The lowest BCUT2D eigenvalue weighted by molar-refractivity contribution is 0.0592. The molecular weight excluding hydrogens is 326 g/mol. The van der Waals surface area contributed by atoms with Gasteiger partial charge in [0.05, 0.1) is 7.11 Å². The number of hydrogen-bond donors (Lipinski definition) is 1. The topological polar surface area (TPSA) is 94.8 Å². The van der Waals surface area contributed by atoms with Gasteiger partial charge in [0, 0.05) is 12.7 Å². The second-order valence-electron chi connectivity index (χ2n) is 5.06. The average molecular weight is 343 g/mol. The predicted molar refractivity (Wildman–Crippen MR) is 90.0 cm³/mol. The van der Waals surface area contributed by atoms with Gasteiger partial charge in [-0.2, -0.15) is 0 Å². The molecule has 2 rings (SSSR count). The van der Waals surface area contributed by atoms with Crippen LogP contribution in [0, 0.1) is 0 Å². The Morgan fingerprint density at radius 2 is 1.96 bits per heavy atom. The Hall–Kier alpha value is -3.35. The summed E-state index contributed by atoms with van der Waals surface area (Å²) in [6.07, 6.45) is 2.58. The van der Waals surface area contributed by atoms with Crippen LogP contribution in [0.5, 0.6) is 5.75 Å². The molecule has 0 saturated heterocycles. The molecule has 0 bridgehead atoms. The maximum atomic E-state index is 12.5. The Balaban J connectivity index is 2.58. The molecule has 0 atom stereocenters. The zero-order valence-corrected chi connectivity index (χ0v) is 13.6. The summed E-state index contributed by atoms with van der Waals surface area (Å²) in [5, 5.41) is 9.49. The van der Waals surface area contributed by atoms with Gasteiger partial charge in [0.2, 0.25) is 5.43 Å². The van der Waals surface area contributed by atoms with E-state index in [1.54, 1.807) is 24.3 Å². The van der Waals surface area contributed by atoms with E-state index in [9.17, 15) is 19.5 Å². The van der Waals surface area contributed by atoms with Crippen molar-refractivity contribution in [3.63, 3.8) is 0 Å². The lowest BCUT2D eigenvalue weighted by atomic mass is 10.2. The van der Waals surface area contributed by atoms with E-state index in [2.05, 4.69) is 11.3 Å². The van der Waals surface area contributed by atoms with Crippen molar-refractivity contribution in [2.75, 3.05) is 7.11 Å². The molecule has 0 aliphatic heterocycles. The van der Waals surface area contributed by atoms with Crippen LogP contribution in [0.4, 0.5) is 0 Å². The van der Waals surface area contributed by atoms with Crippen molar-refractivity contribution < 1.29 is 24.2 Å². The van der Waals surface area contributed by atoms with E-state index in [4.69, 9.17) is 4.74 Å². The van der Waals surface area contributed by atoms with E-state index in [0.717, 1.165) is 18.9 Å². The Kier molecular flexibility index (Phi) is 5.73. The Labute approximate surface area is 143 Å². The van der Waals surface area contributed by atoms with Crippen molar-refractivity contribution >= 4 is 11.9 Å². The third-order valence-corrected chi connectivity index (χ3v) is 3.40. The molecule has 0 aliphatic rings. The molecule has 1 aromatic carbocycles. The standard InChI is InChI=1S/C18H17NO6/c1-3-9-19-10-13(18(23)24-2)15(20)16(14(19)17(21)22)25-11-12-7-5-4-6-8-12/h3-8,10H,1,9,11H2,2H3,(H,21,22). The third kappa shape index (κ3) is 3.95. The summed E-state index contributed by atoms with van der Waals surface area (Å²) in [5.41, 5.74) is -0.747. The zero-order valence-electron chi connectivity index (χ0n) is 13.6. The molecule has 0 radical (unpaired) electrons. The largest absolute Gasteiger partial charge is 0.482 e. The summed E-state index contributed by atoms with van der Waals surface area (Å²) >= 11 is 0. The lowest BCUT2D eigenvalue weighted by Crippen LogP contribution is -2.26. The summed E-state index contributed by atoms with van der Waals surface area (Å²) in [5.74, 6) is -2.64. The van der Waals surface area contributed by atoms with Gasteiger partial charge in [-0.15, -0.1) is 6.58 Å². The fourth-order valence-electron chi connectivity index (χ4n) is 2.26. The lowest BCUT2D eigenvalue weighted by Gasteiger charge is -2.15. The number of rotatable bonds is 7. The molecule has 0 saturated carbocycles. The number of aromatic carboxylic acids is 1. The number of nitrogens with zero attached hydrogens (tertiary/aromatic N) is 1. The van der Waals surface area contributed by atoms with Gasteiger partial charge in [0.25, 0.3) is 0 Å². The van der Waals surface area contributed by atoms with Crippen molar-refractivity contribution in [2.45, 2.75) is 13.2 Å². The molecule has 1 aromatic heterocycles. The minimum Gasteiger partial charge on any atom is -0.482 e. The number of methoxy groups -OCH3 is 1. The Morgan fingerprint density at radius 1 is 1.28 bits per heavy atom. The minimum absolute atomic E-state index is 0.0188. The molecule has 130 valence electrons. The van der Waals surface area contributed by atoms with Crippen molar-refractivity contribution in [1.29, 1.82) is 0 Å². The number of pyridine rings is 1. The molecule has 2 aromatic rings. The van der Waals surface area contributed by atoms with Crippen LogP contribution in [0.25, 0.3) is 0 Å². The van der Waals surface area contributed by atoms with Crippen LogP contribution < -0.4 is 10.2 Å². The summed E-state index contributed by atoms with van der Waals surface area (Å²) in [6.45, 7) is 3.61. The normalized spacial score (nSPS) is 10.1. The predicted octanol–water partition coefficient (Wildman–Crippen LogP) is 2.10. The fraction of sp³-hybridized carbons (Fsp3) is 0.167. The van der Waals surface area contributed by atoms with Crippen LogP contribution in [-0.4, -0.2) is 28.7 Å². The molecule has 1 N–H and O–H groups in total. The molecule has 25 heavy (non-hydrogen) atoms. The molecule has 0 aliphatic carbocycles. The zero-order chi connectivity index (χ0) is 18.4. The third-order valence-electron chi connectivity index (χ3n) is 3.40. The van der Waals surface area contributed by atoms with Crippen LogP contribution in [0.1, 0.15) is 26.4 Å². The highest BCUT2D eigenvalue weighted by Gasteiger charge is 2.25. The number of carbonyl (C=O) groups excluding carboxylic acids is 1. The van der Waals surface area contributed by atoms with Gasteiger partial charge < -0.3 is 19.1 Å². The van der Waals surface area contributed by atoms with Gasteiger partial charge in [-0.3, -0.25) is 4.79 Å². The van der Waals surface area contributed by atoms with Crippen LogP contribution in [0.3, 0.4) is 0 Å². The summed E-state index contributed by atoms with van der Waals surface area (Å²) in [6, 6.07) is 8.94. The number of hydrogen-bond acceptors (Lipinski definition) is 5. The van der Waals surface area contributed by atoms with E-state index in [0.29, 0.717) is 0 Å². The summed E-state index contributed by atoms with van der Waals surface area (Å²) in [7, 11) is 1.13. The van der Waals surface area contributed by atoms with E-state index >= 15 is 0 Å². The second kappa shape index (κ2) is 7.96. The Morgan fingerprint density at radius 3 is 2.52 bits per heavy atom. The minimum atomic E-state index is -1.35. The second-order valence-corrected chi connectivity index (χ2v) is 5.06. The molecule has 0 amide bonds. The van der Waals surface area contributed by atoms with E-state index in [1.165, 1.54) is 10.6 Å². The van der Waals surface area contributed by atoms with Crippen LogP contribution in [0.15, 0.2) is 54.0 Å². The maximum Gasteiger partial charge on any atom is 0.356 e. The van der Waals surface area contributed by atoms with Crippen molar-refractivity contribution in [3.8, 4) is 5.75 Å². The maximum absolute atomic E-state index is 12.5. The van der Waals surface area contributed by atoms with Crippen LogP contribution >= 0.6 is 0 Å². The van der Waals surface area contributed by atoms with Gasteiger partial charge in [0.1, 0.15) is 12.2 Å². The molecule has 0 unspecified atom stereocenters. The number of ether oxygens (including phenoxy) is 2. The van der Waals surface area contributed by atoms with Gasteiger partial charge in [0.15, 0.2) is 11.4 Å². The SMILES string of the molecule is C=CCn1cc(C(=O)OC)c(=O)c(OCc2ccccc2)c1C(=O)O. The number of carboxylic acid groups (broad SMARTS) is 1. The molecule has 0 spiro atoms. The quantitative estimate of drug-likeness (QED) is 0.611. The summed E-state index contributed by atoms with van der Waals surface area (Å²) < 4.78 is 11.3. The number of allylic oxidation sites excluding steroid dienone is 1. The van der Waals surface area contributed by atoms with Crippen LogP contribution in [0.2, 0.25) is 0 Å². The highest BCUT2D eigenvalue weighted by molar-refractivity contribution is 5.93. The molecule has 0 fully saturated rings. The number of carbonyl (C=O) groups is 2. The monoisotopic (exact) mass is 343 g/mol. The summed E-state index contributed by atoms with van der Waals surface area (Å²) in [4.78, 5) is 36.0. The first-order valence-corrected chi connectivity index (χ1v) is 7.36. The number of esters is 1. The number of benzene rings is 1. The highest BCUT2D eigenvalue weighted by atomic mass is 16.5. The van der Waals surface area contributed by atoms with Gasteiger partial charge in [-0.05, 0) is 5.56 Å². The van der Waals surface area contributed by atoms with Gasteiger partial charge in [-0.1, -0.05) is 36.4 Å². The van der Waals surface area contributed by atoms with E-state index < -0.39 is 23.1 Å². The smallest absolute Gasteiger partial charge is 0.356 e. The molecule has 7 heteroatoms. The molecule has 1 heterocycles. The van der Waals surface area contributed by atoms with Gasteiger partial charge >= 0.3 is 11.9 Å². The van der Waals surface area contributed by atoms with Crippen LogP contribution in [-0.2, 0) is 17.9 Å². The first-order chi connectivity index (χ1) is 12.0. The Bertz CT molecular complexity index is 854. The first kappa shape index (κ1) is 18.0. The number of aromatic nitrogens is 1. The van der Waals surface area contributed by atoms with Gasteiger partial charge in [-0.25, -0.2) is 9.59 Å². The van der Waals surface area contributed by atoms with E-state index in [-0.39, 0.29) is 24.4 Å². The average Bonchev–Trinajstić information content (AvgIpc) is 2.61. The molecule has 7 nitrogen and oxygen atoms in total. The van der Waals surface area contributed by atoms with Crippen molar-refractivity contribution in [3.05, 3.63) is 76.2 Å². The molecular formula is C18H17NO6. The first-order valence-electron chi connectivity index (χ1n) is 7.36. The van der Waals surface area contributed by atoms with Crippen molar-refractivity contribution in [1.82, 2.24) is 4.57 Å².